The quantitative estimate of drug-likeness (QED) is 0.0382. The number of thioether (sulfide) groups is 1. The normalized spacial score (nSPS) is 25.0. The number of oxime groups is 1. The number of ether oxygens (including phenoxy) is 1. The van der Waals surface area contributed by atoms with Gasteiger partial charge in [-0.05, 0) is 19.9 Å². The van der Waals surface area contributed by atoms with E-state index in [0.717, 1.165) is 28.2 Å². The largest absolute Gasteiger partial charge is 0.519 e. The summed E-state index contributed by atoms with van der Waals surface area (Å²) in [6, 6.07) is -2.31. The van der Waals surface area contributed by atoms with E-state index in [1.54, 1.807) is 0 Å². The number of nitrogens with one attached hydrogen (secondary N) is 2. The monoisotopic (exact) mass is 720 g/mol. The van der Waals surface area contributed by atoms with E-state index < -0.39 is 83.1 Å². The van der Waals surface area contributed by atoms with Gasteiger partial charge in [-0.15, -0.1) is 11.8 Å². The van der Waals surface area contributed by atoms with E-state index in [1.165, 1.54) is 11.8 Å². The number of carbonyl (C=O) groups excluding carboxylic acids is 4. The topological polar surface area (TPSA) is 293 Å². The second kappa shape index (κ2) is 13.4. The first-order valence-electron chi connectivity index (χ1n) is 14.6. The molecule has 3 saturated heterocycles. The number of likely N-dealkylation sites (tertiary alicyclic amines) is 1. The second-order valence-electron chi connectivity index (χ2n) is 11.2. The first-order chi connectivity index (χ1) is 23.4. The summed E-state index contributed by atoms with van der Waals surface area (Å²) in [6.07, 6.45) is 0.449. The lowest BCUT2D eigenvalue weighted by Gasteiger charge is -2.49. The number of aliphatic hydroxyl groups excluding tert-OH is 1. The summed E-state index contributed by atoms with van der Waals surface area (Å²) in [6.45, 7) is 1.43. The Morgan fingerprint density at radius 3 is 2.61 bits per heavy atom. The van der Waals surface area contributed by atoms with Crippen molar-refractivity contribution < 1.29 is 53.0 Å². The number of fused-ring (bicyclic) bond motifs is 1. The number of hydrogen-bond donors (Lipinski definition) is 6. The number of aliphatic hydroxyl groups is 1. The van der Waals surface area contributed by atoms with Gasteiger partial charge in [0.25, 0.3) is 17.7 Å². The number of nitrogens with zero attached hydrogens (tertiary/aromatic N) is 5. The fourth-order valence-corrected chi connectivity index (χ4v) is 7.91. The zero-order chi connectivity index (χ0) is 35.1. The molecule has 4 aliphatic heterocycles. The summed E-state index contributed by atoms with van der Waals surface area (Å²) in [7, 11) is 0. The van der Waals surface area contributed by atoms with Crippen LogP contribution in [0.25, 0.3) is 0 Å². The number of carboxylic acids is 1. The third kappa shape index (κ3) is 6.06. The minimum atomic E-state index is -1.61. The molecule has 0 radical (unpaired) electrons. The van der Waals surface area contributed by atoms with E-state index >= 15 is 0 Å². The molecule has 2 aromatic rings. The van der Waals surface area contributed by atoms with Gasteiger partial charge in [0.05, 0.1) is 18.2 Å². The number of carbonyl (C=O) groups is 5. The number of nitrogen functional groups attached to an aromatic ring is 1. The van der Waals surface area contributed by atoms with Crippen LogP contribution in [0.1, 0.15) is 30.2 Å². The average molecular weight is 721 g/mol. The third-order valence-corrected chi connectivity index (χ3v) is 10.2. The van der Waals surface area contributed by atoms with Crippen LogP contribution in [0.2, 0.25) is 0 Å². The number of aryl methyl sites for hydroxylation is 1. The van der Waals surface area contributed by atoms with E-state index in [4.69, 9.17) is 19.3 Å². The average Bonchev–Trinajstić information content (AvgIpc) is 3.87. The van der Waals surface area contributed by atoms with Crippen LogP contribution in [-0.2, 0) is 35.3 Å². The predicted octanol–water partition coefficient (Wildman–Crippen LogP) is -2.11. The molecule has 49 heavy (non-hydrogen) atoms. The lowest BCUT2D eigenvalue weighted by Crippen LogP contribution is -2.71. The first-order valence-corrected chi connectivity index (χ1v) is 16.4. The third-order valence-electron chi connectivity index (χ3n) is 8.37. The maximum atomic E-state index is 14.0. The number of nitrogens with two attached hydrogens (primary N) is 1. The highest BCUT2D eigenvalue weighted by molar-refractivity contribution is 8.00. The number of hydrogen-bond acceptors (Lipinski definition) is 18. The Labute approximate surface area is 282 Å². The van der Waals surface area contributed by atoms with Gasteiger partial charge in [-0.1, -0.05) is 5.16 Å². The van der Waals surface area contributed by atoms with E-state index in [9.17, 15) is 44.2 Å². The molecular formula is C27H28N8O12S2. The van der Waals surface area contributed by atoms with E-state index in [0.29, 0.717) is 19.5 Å². The van der Waals surface area contributed by atoms with Gasteiger partial charge in [0, 0.05) is 47.4 Å². The molecule has 4 aliphatic rings. The van der Waals surface area contributed by atoms with Crippen LogP contribution < -0.4 is 22.2 Å². The van der Waals surface area contributed by atoms with Gasteiger partial charge in [0.15, 0.2) is 23.3 Å². The summed E-state index contributed by atoms with van der Waals surface area (Å²) in [5.41, 5.74) is 3.56. The lowest BCUT2D eigenvalue weighted by atomic mass is 9.94. The lowest BCUT2D eigenvalue weighted by molar-refractivity contribution is -0.150. The number of rotatable bonds is 10. The molecule has 0 spiro atoms. The zero-order valence-electron chi connectivity index (χ0n) is 25.4. The molecule has 6 rings (SSSR count). The minimum absolute atomic E-state index is 0.0107. The molecule has 0 unspecified atom stereocenters. The maximum Gasteiger partial charge on any atom is 0.519 e. The number of amides is 3. The smallest absolute Gasteiger partial charge is 0.477 e. The number of aromatic nitrogens is 2. The van der Waals surface area contributed by atoms with Crippen LogP contribution >= 0.6 is 23.3 Å². The molecule has 260 valence electrons. The molecule has 2 aromatic heterocycles. The molecule has 0 aliphatic carbocycles. The first kappa shape index (κ1) is 33.8. The fraction of sp³-hybridized carbons (Fsp3) is 0.444. The maximum absolute atomic E-state index is 14.0. The van der Waals surface area contributed by atoms with Crippen molar-refractivity contribution >= 4 is 63.8 Å². The molecule has 22 heteroatoms. The number of anilines is 1. The second-order valence-corrected chi connectivity index (χ2v) is 13.0. The van der Waals surface area contributed by atoms with E-state index in [1.807, 2.05) is 0 Å². The number of β-lactam (4-membered cyclic amide) rings is 1. The molecule has 20 nitrogen and oxygen atoms in total. The molecule has 3 amide bonds. The SMILES string of the molecule is Cc1oc(=O)oc1COC(=O)/C(C1=C(C(=O)O)N2C(=O)[C@@H](NC(=O)/C(=N\O)c3nsc(N)n3)[C@H]2SC1)=C1\C[C@@H](CO)N([C@@H]2CCNC2)C1=O. The molecule has 7 N–H and O–H groups in total. The summed E-state index contributed by atoms with van der Waals surface area (Å²) in [4.78, 5) is 84.7. The van der Waals surface area contributed by atoms with Crippen LogP contribution in [0.3, 0.4) is 0 Å². The predicted molar refractivity (Wildman–Crippen MR) is 165 cm³/mol. The number of esters is 1. The standard InChI is InChI=1S/C27H28N8O12S2/c1-9-14(47-27(43)46-9)7-45-25(42)15(12-4-11(6-36)34(21(12)38)10-2-3-29-5-10)13-8-48-23-17(22(39)35(23)18(13)24(40)41)30-20(37)16(32-44)19-31-26(28)49-33-19/h10-11,17,23,29,36,44H,2-8H2,1H3,(H,30,37)(H,40,41)(H2,28,31,33)/b15-12+,32-16-/t10-,11+,17-,23-/m1/s1. The number of aliphatic carboxylic acids is 1. The Morgan fingerprint density at radius 1 is 1.24 bits per heavy atom. The summed E-state index contributed by atoms with van der Waals surface area (Å²) >= 11 is 1.73. The van der Waals surface area contributed by atoms with Crippen molar-refractivity contribution in [3.8, 4) is 0 Å². The minimum Gasteiger partial charge on any atom is -0.477 e. The highest BCUT2D eigenvalue weighted by Crippen LogP contribution is 2.44. The van der Waals surface area contributed by atoms with Crippen molar-refractivity contribution in [2.24, 2.45) is 5.16 Å². The highest BCUT2D eigenvalue weighted by Gasteiger charge is 2.56. The van der Waals surface area contributed by atoms with Gasteiger partial charge in [0.2, 0.25) is 11.5 Å². The number of carboxylic acid groups (broad SMARTS) is 1. The van der Waals surface area contributed by atoms with Crippen LogP contribution in [0.5, 0.6) is 0 Å². The summed E-state index contributed by atoms with van der Waals surface area (Å²) in [5.74, 6) is -6.91. The van der Waals surface area contributed by atoms with Crippen molar-refractivity contribution in [1.29, 1.82) is 0 Å². The van der Waals surface area contributed by atoms with Crippen molar-refractivity contribution in [3.63, 3.8) is 0 Å². The van der Waals surface area contributed by atoms with Gasteiger partial charge in [-0.25, -0.2) is 14.4 Å². The van der Waals surface area contributed by atoms with Gasteiger partial charge in [-0.2, -0.15) is 9.36 Å². The van der Waals surface area contributed by atoms with Crippen LogP contribution in [-0.4, -0.2) is 119 Å². The van der Waals surface area contributed by atoms with Crippen molar-refractivity contribution in [2.45, 2.75) is 49.9 Å². The highest BCUT2D eigenvalue weighted by atomic mass is 32.2. The Hall–Kier alpha value is -5.06. The van der Waals surface area contributed by atoms with Crippen molar-refractivity contribution in [3.05, 3.63) is 50.4 Å². The molecule has 0 aromatic carbocycles. The van der Waals surface area contributed by atoms with Gasteiger partial charge in [0.1, 0.15) is 17.1 Å². The Morgan fingerprint density at radius 2 is 2.02 bits per heavy atom. The van der Waals surface area contributed by atoms with E-state index in [-0.39, 0.29) is 51.8 Å². The molecule has 6 heterocycles. The van der Waals surface area contributed by atoms with Crippen LogP contribution in [0.15, 0.2) is 41.2 Å². The van der Waals surface area contributed by atoms with Gasteiger partial charge in [-0.3, -0.25) is 19.3 Å². The van der Waals surface area contributed by atoms with Crippen molar-refractivity contribution in [2.75, 3.05) is 31.2 Å². The fourth-order valence-electron chi connectivity index (χ4n) is 6.13. The van der Waals surface area contributed by atoms with Crippen molar-refractivity contribution in [1.82, 2.24) is 29.8 Å². The summed E-state index contributed by atoms with van der Waals surface area (Å²) in [5, 5.41) is 37.5. The molecule has 0 bridgehead atoms. The zero-order valence-corrected chi connectivity index (χ0v) is 27.0. The van der Waals surface area contributed by atoms with Gasteiger partial charge < -0.3 is 50.3 Å². The Balaban J connectivity index is 1.35. The van der Waals surface area contributed by atoms with Crippen LogP contribution in [0, 0.1) is 6.92 Å². The molecular weight excluding hydrogens is 692 g/mol. The summed E-state index contributed by atoms with van der Waals surface area (Å²) < 4.78 is 18.9. The Bertz CT molecular complexity index is 1890. The molecule has 0 saturated carbocycles. The molecule has 3 fully saturated rings. The Kier molecular flexibility index (Phi) is 9.28. The van der Waals surface area contributed by atoms with Crippen LogP contribution in [0.4, 0.5) is 5.13 Å². The molecule has 4 atom stereocenters. The van der Waals surface area contributed by atoms with E-state index in [2.05, 4.69) is 25.1 Å². The van der Waals surface area contributed by atoms with Gasteiger partial charge >= 0.3 is 17.8 Å².